The third-order valence-electron chi connectivity index (χ3n) is 2.65. The van der Waals surface area contributed by atoms with Crippen LogP contribution in [0.3, 0.4) is 0 Å². The molecular formula is C9H17NO2S. The zero-order chi connectivity index (χ0) is 9.68. The van der Waals surface area contributed by atoms with Crippen molar-refractivity contribution >= 4 is 18.6 Å². The standard InChI is InChI=1S/C9H17NO2S/c1-12-9(11)8(6-13)7-2-4-10-5-3-7/h7-8,10,13H,2-6H2,1H3. The third-order valence-corrected chi connectivity index (χ3v) is 3.05. The Morgan fingerprint density at radius 3 is 2.69 bits per heavy atom. The van der Waals surface area contributed by atoms with E-state index in [2.05, 4.69) is 17.9 Å². The highest BCUT2D eigenvalue weighted by molar-refractivity contribution is 7.80. The number of thiol groups is 1. The van der Waals surface area contributed by atoms with Crippen molar-refractivity contribution in [1.82, 2.24) is 5.32 Å². The van der Waals surface area contributed by atoms with Crippen molar-refractivity contribution in [3.63, 3.8) is 0 Å². The molecule has 3 nitrogen and oxygen atoms in total. The lowest BCUT2D eigenvalue weighted by Crippen LogP contribution is -2.36. The SMILES string of the molecule is COC(=O)C(CS)C1CCNCC1. The Bertz CT molecular complexity index is 169. The van der Waals surface area contributed by atoms with Gasteiger partial charge in [0.25, 0.3) is 0 Å². The van der Waals surface area contributed by atoms with Gasteiger partial charge in [-0.1, -0.05) is 0 Å². The molecule has 1 aliphatic heterocycles. The van der Waals surface area contributed by atoms with E-state index in [9.17, 15) is 4.79 Å². The largest absolute Gasteiger partial charge is 0.469 e. The summed E-state index contributed by atoms with van der Waals surface area (Å²) in [6.07, 6.45) is 2.11. The van der Waals surface area contributed by atoms with Crippen molar-refractivity contribution in [3.05, 3.63) is 0 Å². The first-order valence-electron chi connectivity index (χ1n) is 4.69. The van der Waals surface area contributed by atoms with Gasteiger partial charge < -0.3 is 10.1 Å². The Morgan fingerprint density at radius 2 is 2.23 bits per heavy atom. The van der Waals surface area contributed by atoms with Gasteiger partial charge in [0.05, 0.1) is 13.0 Å². The van der Waals surface area contributed by atoms with Gasteiger partial charge in [0.15, 0.2) is 0 Å². The van der Waals surface area contributed by atoms with Crippen LogP contribution in [0, 0.1) is 11.8 Å². The average molecular weight is 203 g/mol. The maximum absolute atomic E-state index is 11.4. The molecule has 1 atom stereocenters. The molecule has 0 bridgehead atoms. The van der Waals surface area contributed by atoms with Crippen molar-refractivity contribution in [2.75, 3.05) is 26.0 Å². The molecule has 76 valence electrons. The number of carbonyl (C=O) groups is 1. The normalized spacial score (nSPS) is 21.1. The van der Waals surface area contributed by atoms with Crippen LogP contribution in [0.15, 0.2) is 0 Å². The molecule has 0 spiro atoms. The fourth-order valence-corrected chi connectivity index (χ4v) is 2.26. The maximum atomic E-state index is 11.4. The van der Waals surface area contributed by atoms with Crippen molar-refractivity contribution in [2.45, 2.75) is 12.8 Å². The molecule has 0 aromatic rings. The minimum Gasteiger partial charge on any atom is -0.469 e. The molecule has 1 saturated heterocycles. The summed E-state index contributed by atoms with van der Waals surface area (Å²) < 4.78 is 4.75. The topological polar surface area (TPSA) is 38.3 Å². The van der Waals surface area contributed by atoms with Crippen LogP contribution in [-0.2, 0) is 9.53 Å². The van der Waals surface area contributed by atoms with Gasteiger partial charge in [-0.05, 0) is 31.8 Å². The van der Waals surface area contributed by atoms with Crippen LogP contribution in [-0.4, -0.2) is 31.9 Å². The lowest BCUT2D eigenvalue weighted by molar-refractivity contribution is -0.146. The number of hydrogen-bond acceptors (Lipinski definition) is 4. The van der Waals surface area contributed by atoms with E-state index in [-0.39, 0.29) is 11.9 Å². The summed E-state index contributed by atoms with van der Waals surface area (Å²) in [7, 11) is 1.44. The highest BCUT2D eigenvalue weighted by atomic mass is 32.1. The second kappa shape index (κ2) is 5.50. The molecule has 13 heavy (non-hydrogen) atoms. The molecule has 1 fully saturated rings. The molecule has 0 aromatic carbocycles. The monoisotopic (exact) mass is 203 g/mol. The third kappa shape index (κ3) is 2.88. The number of hydrogen-bond donors (Lipinski definition) is 2. The number of methoxy groups -OCH3 is 1. The van der Waals surface area contributed by atoms with E-state index in [1.54, 1.807) is 0 Å². The van der Waals surface area contributed by atoms with Gasteiger partial charge in [-0.25, -0.2) is 0 Å². The summed E-state index contributed by atoms with van der Waals surface area (Å²) in [5, 5.41) is 3.27. The minimum absolute atomic E-state index is 0.0181. The van der Waals surface area contributed by atoms with E-state index in [0.29, 0.717) is 11.7 Å². The van der Waals surface area contributed by atoms with E-state index in [4.69, 9.17) is 4.74 Å². The molecule has 1 rings (SSSR count). The first-order valence-corrected chi connectivity index (χ1v) is 5.32. The number of carbonyl (C=O) groups excluding carboxylic acids is 1. The molecular weight excluding hydrogens is 186 g/mol. The van der Waals surface area contributed by atoms with E-state index in [1.807, 2.05) is 0 Å². The summed E-state index contributed by atoms with van der Waals surface area (Å²) in [6, 6.07) is 0. The van der Waals surface area contributed by atoms with Crippen molar-refractivity contribution in [1.29, 1.82) is 0 Å². The predicted octanol–water partition coefficient (Wildman–Crippen LogP) is 0.705. The molecule has 0 saturated carbocycles. The highest BCUT2D eigenvalue weighted by Crippen LogP contribution is 2.23. The first-order chi connectivity index (χ1) is 6.29. The molecule has 1 unspecified atom stereocenters. The van der Waals surface area contributed by atoms with Crippen LogP contribution in [0.4, 0.5) is 0 Å². The Balaban J connectivity index is 2.48. The molecule has 0 amide bonds. The van der Waals surface area contributed by atoms with Gasteiger partial charge in [-0.15, -0.1) is 0 Å². The quantitative estimate of drug-likeness (QED) is 0.524. The lowest BCUT2D eigenvalue weighted by Gasteiger charge is -2.27. The minimum atomic E-state index is -0.109. The van der Waals surface area contributed by atoms with Crippen molar-refractivity contribution in [3.8, 4) is 0 Å². The van der Waals surface area contributed by atoms with Gasteiger partial charge >= 0.3 is 5.97 Å². The molecule has 1 N–H and O–H groups in total. The van der Waals surface area contributed by atoms with Gasteiger partial charge in [0.1, 0.15) is 0 Å². The van der Waals surface area contributed by atoms with Gasteiger partial charge in [0.2, 0.25) is 0 Å². The zero-order valence-corrected chi connectivity index (χ0v) is 8.85. The summed E-state index contributed by atoms with van der Waals surface area (Å²) in [4.78, 5) is 11.4. The lowest BCUT2D eigenvalue weighted by atomic mass is 9.86. The van der Waals surface area contributed by atoms with E-state index >= 15 is 0 Å². The molecule has 4 heteroatoms. The van der Waals surface area contributed by atoms with Crippen molar-refractivity contribution in [2.24, 2.45) is 11.8 Å². The molecule has 1 aliphatic rings. The number of piperidine rings is 1. The van der Waals surface area contributed by atoms with Crippen LogP contribution in [0.2, 0.25) is 0 Å². The Morgan fingerprint density at radius 1 is 1.62 bits per heavy atom. The predicted molar refractivity (Wildman–Crippen MR) is 55.0 cm³/mol. The fourth-order valence-electron chi connectivity index (χ4n) is 1.81. The van der Waals surface area contributed by atoms with Crippen LogP contribution in [0.1, 0.15) is 12.8 Å². The first kappa shape index (κ1) is 10.9. The summed E-state index contributed by atoms with van der Waals surface area (Å²) >= 11 is 4.20. The summed E-state index contributed by atoms with van der Waals surface area (Å²) in [6.45, 7) is 2.01. The van der Waals surface area contributed by atoms with Crippen molar-refractivity contribution < 1.29 is 9.53 Å². The number of rotatable bonds is 3. The number of nitrogens with one attached hydrogen (secondary N) is 1. The summed E-state index contributed by atoms with van der Waals surface area (Å²) in [5.41, 5.74) is 0. The van der Waals surface area contributed by atoms with Crippen LogP contribution < -0.4 is 5.32 Å². The highest BCUT2D eigenvalue weighted by Gasteiger charge is 2.28. The maximum Gasteiger partial charge on any atom is 0.309 e. The van der Waals surface area contributed by atoms with Gasteiger partial charge in [-0.3, -0.25) is 4.79 Å². The molecule has 0 aromatic heterocycles. The Kier molecular flexibility index (Phi) is 4.59. The van der Waals surface area contributed by atoms with Gasteiger partial charge in [-0.2, -0.15) is 12.6 Å². The van der Waals surface area contributed by atoms with E-state index < -0.39 is 0 Å². The zero-order valence-electron chi connectivity index (χ0n) is 7.95. The Hall–Kier alpha value is -0.220. The smallest absolute Gasteiger partial charge is 0.309 e. The average Bonchev–Trinajstić information content (AvgIpc) is 2.20. The second-order valence-electron chi connectivity index (χ2n) is 3.40. The molecule has 0 radical (unpaired) electrons. The fraction of sp³-hybridized carbons (Fsp3) is 0.889. The second-order valence-corrected chi connectivity index (χ2v) is 3.76. The molecule has 0 aliphatic carbocycles. The van der Waals surface area contributed by atoms with Crippen LogP contribution in [0.25, 0.3) is 0 Å². The van der Waals surface area contributed by atoms with Crippen LogP contribution >= 0.6 is 12.6 Å². The Labute approximate surface area is 84.6 Å². The van der Waals surface area contributed by atoms with Gasteiger partial charge in [0, 0.05) is 5.75 Å². The molecule has 1 heterocycles. The van der Waals surface area contributed by atoms with E-state index in [0.717, 1.165) is 25.9 Å². The number of esters is 1. The van der Waals surface area contributed by atoms with E-state index in [1.165, 1.54) is 7.11 Å². The summed E-state index contributed by atoms with van der Waals surface area (Å²) in [5.74, 6) is 0.917. The van der Waals surface area contributed by atoms with Crippen LogP contribution in [0.5, 0.6) is 0 Å². The number of ether oxygens (including phenoxy) is 1.